The van der Waals surface area contributed by atoms with Crippen LogP contribution in [0.3, 0.4) is 0 Å². The molecule has 0 aliphatic carbocycles. The van der Waals surface area contributed by atoms with Crippen molar-refractivity contribution in [1.29, 1.82) is 0 Å². The van der Waals surface area contributed by atoms with E-state index in [0.29, 0.717) is 0 Å². The molecule has 5 nitrogen and oxygen atoms in total. The van der Waals surface area contributed by atoms with Gasteiger partial charge in [-0.15, -0.1) is 0 Å². The molecule has 0 atom stereocenters. The van der Waals surface area contributed by atoms with Crippen LogP contribution in [0, 0.1) is 0 Å². The van der Waals surface area contributed by atoms with Crippen LogP contribution in [-0.4, -0.2) is 11.2 Å². The Morgan fingerprint density at radius 2 is 2.60 bits per heavy atom. The second-order valence-electron chi connectivity index (χ2n) is 1.84. The van der Waals surface area contributed by atoms with E-state index in [0.717, 1.165) is 0 Å². The smallest absolute Gasteiger partial charge is 0.320 e. The first-order valence-electron chi connectivity index (χ1n) is 2.73. The summed E-state index contributed by atoms with van der Waals surface area (Å²) in [5, 5.41) is 13.8. The van der Waals surface area contributed by atoms with E-state index in [1.807, 2.05) is 0 Å². The Hall–Kier alpha value is -1.39. The Labute approximate surface area is 57.6 Å². The van der Waals surface area contributed by atoms with E-state index in [9.17, 15) is 5.11 Å². The van der Waals surface area contributed by atoms with Crippen molar-refractivity contribution in [2.24, 2.45) is 12.0 Å². The zero-order valence-corrected chi connectivity index (χ0v) is 5.74. The van der Waals surface area contributed by atoms with Crippen LogP contribution >= 0.6 is 0 Å². The van der Waals surface area contributed by atoms with Crippen LogP contribution in [-0.2, 0) is 7.05 Å². The lowest BCUT2D eigenvalue weighted by Crippen LogP contribution is -2.27. The molecule has 10 heavy (non-hydrogen) atoms. The molecule has 0 spiro atoms. The molecule has 0 unspecified atom stereocenters. The largest absolute Gasteiger partial charge is 0.862 e. The summed E-state index contributed by atoms with van der Waals surface area (Å²) in [7, 11) is 1.68. The summed E-state index contributed by atoms with van der Waals surface area (Å²) in [5.41, 5.74) is 0. The Morgan fingerprint density at radius 3 is 3.00 bits per heavy atom. The zero-order chi connectivity index (χ0) is 7.56. The highest BCUT2D eigenvalue weighted by atomic mass is 16.5. The summed E-state index contributed by atoms with van der Waals surface area (Å²) in [6, 6.07) is 0. The third-order valence-electron chi connectivity index (χ3n) is 0.828. The van der Waals surface area contributed by atoms with E-state index in [-0.39, 0.29) is 11.8 Å². The van der Waals surface area contributed by atoms with Gasteiger partial charge in [-0.25, -0.2) is 4.99 Å². The van der Waals surface area contributed by atoms with Crippen molar-refractivity contribution in [2.45, 2.75) is 6.92 Å². The maximum absolute atomic E-state index is 10.4. The summed E-state index contributed by atoms with van der Waals surface area (Å²) in [6.45, 7) is 1.35. The SMILES string of the molecule is C/C([O-])=N/c1c[n+](C)no1. The highest BCUT2D eigenvalue weighted by molar-refractivity contribution is 5.70. The second kappa shape index (κ2) is 2.47. The van der Waals surface area contributed by atoms with E-state index in [2.05, 4.69) is 14.8 Å². The number of aryl methyl sites for hydroxylation is 1. The first-order valence-corrected chi connectivity index (χ1v) is 2.73. The average Bonchev–Trinajstić information content (AvgIpc) is 2.13. The third kappa shape index (κ3) is 1.54. The van der Waals surface area contributed by atoms with Crippen molar-refractivity contribution in [1.82, 2.24) is 5.27 Å². The molecule has 0 N–H and O–H groups in total. The van der Waals surface area contributed by atoms with E-state index in [1.165, 1.54) is 17.8 Å². The monoisotopic (exact) mass is 141 g/mol. The molecule has 54 valence electrons. The molecule has 0 aromatic carbocycles. The van der Waals surface area contributed by atoms with Gasteiger partial charge in [-0.1, -0.05) is 4.68 Å². The van der Waals surface area contributed by atoms with Gasteiger partial charge >= 0.3 is 5.88 Å². The minimum Gasteiger partial charge on any atom is -0.862 e. The molecule has 0 amide bonds. The van der Waals surface area contributed by atoms with Gasteiger partial charge in [0, 0.05) is 0 Å². The summed E-state index contributed by atoms with van der Waals surface area (Å²) >= 11 is 0. The standard InChI is InChI=1S/C5H7N3O2/c1-4(9)6-5-3-8(2)7-10-5/h3H,1-2H3. The molecule has 0 saturated carbocycles. The summed E-state index contributed by atoms with van der Waals surface area (Å²) in [5.74, 6) is -0.0632. The molecule has 0 radical (unpaired) electrons. The quantitative estimate of drug-likeness (QED) is 0.283. The second-order valence-corrected chi connectivity index (χ2v) is 1.84. The fraction of sp³-hybridized carbons (Fsp3) is 0.400. The molecule has 1 rings (SSSR count). The molecular weight excluding hydrogens is 134 g/mol. The van der Waals surface area contributed by atoms with Gasteiger partial charge in [0.05, 0.1) is 0 Å². The van der Waals surface area contributed by atoms with Crippen LogP contribution in [0.5, 0.6) is 0 Å². The Kier molecular flexibility index (Phi) is 1.66. The van der Waals surface area contributed by atoms with Crippen molar-refractivity contribution in [2.75, 3.05) is 0 Å². The van der Waals surface area contributed by atoms with Crippen molar-refractivity contribution in [3.05, 3.63) is 6.20 Å². The van der Waals surface area contributed by atoms with E-state index >= 15 is 0 Å². The predicted octanol–water partition coefficient (Wildman–Crippen LogP) is -1.09. The van der Waals surface area contributed by atoms with Crippen LogP contribution in [0.4, 0.5) is 5.88 Å². The topological polar surface area (TPSA) is 65.3 Å². The van der Waals surface area contributed by atoms with Gasteiger partial charge in [0.2, 0.25) is 0 Å². The Balaban J connectivity index is 2.86. The van der Waals surface area contributed by atoms with Crippen LogP contribution in [0.1, 0.15) is 6.92 Å². The fourth-order valence-electron chi connectivity index (χ4n) is 0.518. The molecule has 1 aromatic heterocycles. The minimum atomic E-state index is -0.295. The summed E-state index contributed by atoms with van der Waals surface area (Å²) in [6.07, 6.45) is 1.52. The normalized spacial score (nSPS) is 12.0. The van der Waals surface area contributed by atoms with Gasteiger partial charge in [-0.3, -0.25) is 4.52 Å². The molecule has 0 saturated heterocycles. The van der Waals surface area contributed by atoms with Crippen LogP contribution < -0.4 is 9.79 Å². The highest BCUT2D eigenvalue weighted by Crippen LogP contribution is 2.03. The predicted molar refractivity (Wildman–Crippen MR) is 30.4 cm³/mol. The number of aliphatic imine (C=N–C) groups is 1. The van der Waals surface area contributed by atoms with Crippen molar-refractivity contribution < 1.29 is 14.3 Å². The Morgan fingerprint density at radius 1 is 1.90 bits per heavy atom. The average molecular weight is 141 g/mol. The highest BCUT2D eigenvalue weighted by Gasteiger charge is 2.02. The molecule has 0 bridgehead atoms. The molecule has 5 heteroatoms. The molecule has 1 heterocycles. The lowest BCUT2D eigenvalue weighted by Gasteiger charge is -1.95. The maximum atomic E-state index is 10.4. The number of nitrogens with zero attached hydrogens (tertiary/aromatic N) is 3. The maximum Gasteiger partial charge on any atom is 0.320 e. The van der Waals surface area contributed by atoms with Gasteiger partial charge in [0.15, 0.2) is 12.3 Å². The lowest BCUT2D eigenvalue weighted by molar-refractivity contribution is -0.739. The first-order chi connectivity index (χ1) is 4.68. The van der Waals surface area contributed by atoms with Gasteiger partial charge in [0.25, 0.3) is 6.20 Å². The van der Waals surface area contributed by atoms with Gasteiger partial charge in [0.1, 0.15) is 0 Å². The zero-order valence-electron chi connectivity index (χ0n) is 5.74. The molecular formula is C5H7N3O2. The third-order valence-corrected chi connectivity index (χ3v) is 0.828. The van der Waals surface area contributed by atoms with E-state index in [1.54, 1.807) is 7.05 Å². The lowest BCUT2D eigenvalue weighted by atomic mass is 10.7. The van der Waals surface area contributed by atoms with Crippen molar-refractivity contribution in [3.8, 4) is 0 Å². The summed E-state index contributed by atoms with van der Waals surface area (Å²) < 4.78 is 6.03. The number of hydrogen-bond acceptors (Lipinski definition) is 4. The molecule has 0 aliphatic rings. The fourth-order valence-corrected chi connectivity index (χ4v) is 0.518. The van der Waals surface area contributed by atoms with Crippen LogP contribution in [0.25, 0.3) is 0 Å². The van der Waals surface area contributed by atoms with Crippen molar-refractivity contribution in [3.63, 3.8) is 0 Å². The van der Waals surface area contributed by atoms with Crippen LogP contribution in [0.2, 0.25) is 0 Å². The number of aromatic nitrogens is 2. The molecule has 0 fully saturated rings. The van der Waals surface area contributed by atoms with Gasteiger partial charge < -0.3 is 5.11 Å². The Bertz CT molecular complexity index is 249. The number of rotatable bonds is 1. The molecule has 0 aliphatic heterocycles. The van der Waals surface area contributed by atoms with Gasteiger partial charge in [-0.2, -0.15) is 0 Å². The van der Waals surface area contributed by atoms with E-state index < -0.39 is 0 Å². The van der Waals surface area contributed by atoms with Gasteiger partial charge in [-0.05, 0) is 12.8 Å². The van der Waals surface area contributed by atoms with Crippen LogP contribution in [0.15, 0.2) is 15.7 Å². The molecule has 1 aromatic rings. The minimum absolute atomic E-state index is 0.231. The number of hydrogen-bond donors (Lipinski definition) is 0. The summed E-state index contributed by atoms with van der Waals surface area (Å²) in [4.78, 5) is 3.49. The van der Waals surface area contributed by atoms with Crippen molar-refractivity contribution >= 4 is 11.8 Å². The first kappa shape index (κ1) is 6.73. The van der Waals surface area contributed by atoms with E-state index in [4.69, 9.17) is 0 Å².